The van der Waals surface area contributed by atoms with Gasteiger partial charge in [0.15, 0.2) is 0 Å². The van der Waals surface area contributed by atoms with Crippen LogP contribution in [0.4, 0.5) is 0 Å². The third-order valence-corrected chi connectivity index (χ3v) is 10.6. The van der Waals surface area contributed by atoms with Crippen molar-refractivity contribution in [2.24, 2.45) is 0 Å². The van der Waals surface area contributed by atoms with Gasteiger partial charge in [-0.3, -0.25) is 0 Å². The van der Waals surface area contributed by atoms with Crippen LogP contribution in [-0.2, 0) is 9.16 Å². The normalized spacial score (nSPS) is 11.6. The van der Waals surface area contributed by atoms with E-state index in [1.54, 1.807) is 0 Å². The Morgan fingerprint density at radius 3 is 1.68 bits per heavy atom. The predicted octanol–water partition coefficient (Wildman–Crippen LogP) is 4.67. The summed E-state index contributed by atoms with van der Waals surface area (Å²) in [7, 11) is -2.52. The summed E-state index contributed by atoms with van der Waals surface area (Å²) >= 11 is 0. The molecule has 0 N–H and O–H groups in total. The maximum Gasteiger partial charge on any atom is 0.261 e. The smallest absolute Gasteiger partial charge is 0.261 e. The number of ether oxygens (including phenoxy) is 3. The van der Waals surface area contributed by atoms with Gasteiger partial charge in [0.2, 0.25) is 0 Å². The zero-order valence-corrected chi connectivity index (χ0v) is 21.3. The van der Waals surface area contributed by atoms with E-state index in [4.69, 9.17) is 25.1 Å². The van der Waals surface area contributed by atoms with Gasteiger partial charge < -0.3 is 18.6 Å². The van der Waals surface area contributed by atoms with Gasteiger partial charge in [-0.1, -0.05) is 87.4 Å². The van der Waals surface area contributed by atoms with Gasteiger partial charge in [0.25, 0.3) is 8.32 Å². The lowest BCUT2D eigenvalue weighted by molar-refractivity contribution is 0.0741. The number of rotatable bonds is 12. The zero-order valence-electron chi connectivity index (χ0n) is 20.3. The number of hydrogen-bond acceptors (Lipinski definition) is 4. The Balaban J connectivity index is 1.55. The third-order valence-electron chi connectivity index (χ3n) is 5.61. The van der Waals surface area contributed by atoms with Crippen molar-refractivity contribution in [3.8, 4) is 23.8 Å². The number of hydrogen-bond donors (Lipinski definition) is 0. The largest absolute Gasteiger partial charge is 0.491 e. The molecule has 0 saturated heterocycles. The van der Waals surface area contributed by atoms with E-state index in [0.29, 0.717) is 26.4 Å². The topological polar surface area (TPSA) is 36.9 Å². The molecule has 3 aromatic rings. The van der Waals surface area contributed by atoms with E-state index in [1.165, 1.54) is 10.4 Å². The molecule has 0 bridgehead atoms. The molecule has 0 aromatic heterocycles. The molecule has 178 valence electrons. The molecule has 3 aromatic carbocycles. The highest BCUT2D eigenvalue weighted by Crippen LogP contribution is 2.36. The highest BCUT2D eigenvalue weighted by atomic mass is 28.4. The van der Waals surface area contributed by atoms with Gasteiger partial charge in [-0.05, 0) is 39.7 Å². The van der Waals surface area contributed by atoms with Crippen molar-refractivity contribution in [2.45, 2.75) is 25.8 Å². The minimum absolute atomic E-state index is 0.0467. The van der Waals surface area contributed by atoms with Gasteiger partial charge in [-0.2, -0.15) is 0 Å². The van der Waals surface area contributed by atoms with Crippen LogP contribution in [0.1, 0.15) is 20.8 Å². The monoisotopic (exact) mass is 474 g/mol. The maximum absolute atomic E-state index is 6.82. The second-order valence-corrected chi connectivity index (χ2v) is 13.2. The van der Waals surface area contributed by atoms with Gasteiger partial charge in [-0.25, -0.2) is 0 Å². The van der Waals surface area contributed by atoms with E-state index in [0.717, 1.165) is 11.5 Å². The van der Waals surface area contributed by atoms with Crippen LogP contribution in [0, 0.1) is 12.3 Å². The Morgan fingerprint density at radius 1 is 0.676 bits per heavy atom. The van der Waals surface area contributed by atoms with E-state index in [-0.39, 0.29) is 11.6 Å². The number of benzene rings is 3. The van der Waals surface area contributed by atoms with Crippen LogP contribution in [0.15, 0.2) is 84.9 Å². The molecule has 0 fully saturated rings. The Kier molecular flexibility index (Phi) is 9.35. The first-order valence-corrected chi connectivity index (χ1v) is 13.5. The molecule has 0 aliphatic heterocycles. The second-order valence-electron chi connectivity index (χ2n) is 8.94. The minimum atomic E-state index is -2.52. The van der Waals surface area contributed by atoms with Crippen molar-refractivity contribution in [3.63, 3.8) is 0 Å². The van der Waals surface area contributed by atoms with Crippen molar-refractivity contribution >= 4 is 18.7 Å². The molecule has 0 unspecified atom stereocenters. The SMILES string of the molecule is C#CCOc1ccc(OCCOCCO[Si](c2ccccc2)(c2ccccc2)C(C)(C)C)cc1. The van der Waals surface area contributed by atoms with Crippen LogP contribution in [-0.4, -0.2) is 41.4 Å². The van der Waals surface area contributed by atoms with Gasteiger partial charge in [0.05, 0.1) is 19.8 Å². The molecule has 0 atom stereocenters. The van der Waals surface area contributed by atoms with Crippen LogP contribution in [0.2, 0.25) is 5.04 Å². The molecule has 3 rings (SSSR count). The molecule has 34 heavy (non-hydrogen) atoms. The van der Waals surface area contributed by atoms with E-state index in [2.05, 4.69) is 87.4 Å². The highest BCUT2D eigenvalue weighted by molar-refractivity contribution is 6.99. The van der Waals surface area contributed by atoms with Gasteiger partial charge in [-0.15, -0.1) is 6.42 Å². The fourth-order valence-corrected chi connectivity index (χ4v) is 8.64. The Bertz CT molecular complexity index is 982. The van der Waals surface area contributed by atoms with Crippen molar-refractivity contribution in [1.29, 1.82) is 0 Å². The summed E-state index contributed by atoms with van der Waals surface area (Å²) in [5.74, 6) is 3.94. The lowest BCUT2D eigenvalue weighted by Crippen LogP contribution is -2.66. The van der Waals surface area contributed by atoms with Gasteiger partial charge in [0, 0.05) is 0 Å². The fourth-order valence-electron chi connectivity index (χ4n) is 4.09. The van der Waals surface area contributed by atoms with Gasteiger partial charge >= 0.3 is 0 Å². The summed E-state index contributed by atoms with van der Waals surface area (Å²) in [6.45, 7) is 9.05. The van der Waals surface area contributed by atoms with Crippen molar-refractivity contribution in [1.82, 2.24) is 0 Å². The Labute approximate surface area is 205 Å². The predicted molar refractivity (Wildman–Crippen MR) is 141 cm³/mol. The van der Waals surface area contributed by atoms with Gasteiger partial charge in [0.1, 0.15) is 24.7 Å². The highest BCUT2D eigenvalue weighted by Gasteiger charge is 2.49. The molecule has 0 heterocycles. The average Bonchev–Trinajstić information content (AvgIpc) is 2.85. The molecule has 4 nitrogen and oxygen atoms in total. The summed E-state index contributed by atoms with van der Waals surface area (Å²) in [6.07, 6.45) is 5.21. The average molecular weight is 475 g/mol. The Hall–Kier alpha value is -3.04. The molecule has 0 saturated carbocycles. The quantitative estimate of drug-likeness (QED) is 0.217. The minimum Gasteiger partial charge on any atom is -0.491 e. The second kappa shape index (κ2) is 12.4. The maximum atomic E-state index is 6.82. The first kappa shape index (κ1) is 25.6. The van der Waals surface area contributed by atoms with E-state index in [9.17, 15) is 0 Å². The molecular formula is C29H34O4Si. The van der Waals surface area contributed by atoms with E-state index < -0.39 is 8.32 Å². The van der Waals surface area contributed by atoms with Crippen molar-refractivity contribution < 1.29 is 18.6 Å². The zero-order chi connectivity index (χ0) is 24.3. The van der Waals surface area contributed by atoms with Crippen molar-refractivity contribution in [2.75, 3.05) is 33.0 Å². The van der Waals surface area contributed by atoms with Crippen LogP contribution in [0.25, 0.3) is 0 Å². The fraction of sp³-hybridized carbons (Fsp3) is 0.310. The molecule has 0 amide bonds. The summed E-state index contributed by atoms with van der Waals surface area (Å²) in [4.78, 5) is 0. The molecular weight excluding hydrogens is 440 g/mol. The number of terminal acetylenes is 1. The molecule has 0 spiro atoms. The van der Waals surface area contributed by atoms with Crippen LogP contribution in [0.3, 0.4) is 0 Å². The van der Waals surface area contributed by atoms with E-state index in [1.807, 2.05) is 24.3 Å². The lowest BCUT2D eigenvalue weighted by Gasteiger charge is -2.43. The summed E-state index contributed by atoms with van der Waals surface area (Å²) in [5.41, 5.74) is 0. The first-order chi connectivity index (χ1) is 16.5. The summed E-state index contributed by atoms with van der Waals surface area (Å²) < 4.78 is 23.8. The summed E-state index contributed by atoms with van der Waals surface area (Å²) in [5, 5.41) is 2.49. The third kappa shape index (κ3) is 6.51. The van der Waals surface area contributed by atoms with Crippen LogP contribution >= 0.6 is 0 Å². The van der Waals surface area contributed by atoms with Crippen LogP contribution in [0.5, 0.6) is 11.5 Å². The lowest BCUT2D eigenvalue weighted by atomic mass is 10.2. The Morgan fingerprint density at radius 2 is 1.18 bits per heavy atom. The first-order valence-electron chi connectivity index (χ1n) is 11.6. The summed E-state index contributed by atoms with van der Waals surface area (Å²) in [6, 6.07) is 28.7. The molecule has 0 aliphatic rings. The van der Waals surface area contributed by atoms with Crippen LogP contribution < -0.4 is 19.8 Å². The van der Waals surface area contributed by atoms with Crippen molar-refractivity contribution in [3.05, 3.63) is 84.9 Å². The van der Waals surface area contributed by atoms with E-state index >= 15 is 0 Å². The molecule has 5 heteroatoms. The molecule has 0 aliphatic carbocycles. The standard InChI is InChI=1S/C29H34O4Si/c1-5-20-31-25-16-18-26(19-17-25)32-23-21-30-22-24-33-34(29(2,3)4,27-12-8-6-9-13-27)28-14-10-7-11-15-28/h1,6-19H,20-24H2,2-4H3. The molecule has 0 radical (unpaired) electrons.